The van der Waals surface area contributed by atoms with Gasteiger partial charge in [0.2, 0.25) is 0 Å². The molecule has 1 saturated carbocycles. The molecule has 0 aliphatic heterocycles. The molecule has 0 aromatic heterocycles. The number of amidine groups is 1. The van der Waals surface area contributed by atoms with Gasteiger partial charge in [-0.1, -0.05) is 19.3 Å². The van der Waals surface area contributed by atoms with Crippen molar-refractivity contribution in [2.45, 2.75) is 32.1 Å². The largest absolute Gasteiger partial charge is 0.387 e. The number of hydrogen-bond acceptors (Lipinski definition) is 4. The fourth-order valence-electron chi connectivity index (χ4n) is 1.80. The minimum absolute atomic E-state index is 0.0333. The summed E-state index contributed by atoms with van der Waals surface area (Å²) in [7, 11) is -3.61. The Bertz CT molecular complexity index is 335. The van der Waals surface area contributed by atoms with Crippen LogP contribution < -0.4 is 5.73 Å². The lowest BCUT2D eigenvalue weighted by Gasteiger charge is -2.19. The zero-order valence-electron chi connectivity index (χ0n) is 9.13. The van der Waals surface area contributed by atoms with Crippen molar-refractivity contribution in [3.8, 4) is 0 Å². The van der Waals surface area contributed by atoms with Crippen molar-refractivity contribution in [2.24, 2.45) is 16.6 Å². The molecule has 0 atom stereocenters. The van der Waals surface area contributed by atoms with Crippen LogP contribution >= 0.6 is 10.8 Å². The molecule has 1 rings (SSSR count). The van der Waals surface area contributed by atoms with Crippen LogP contribution in [0.4, 0.5) is 0 Å². The van der Waals surface area contributed by atoms with Gasteiger partial charge in [0.1, 0.15) is 5.84 Å². The van der Waals surface area contributed by atoms with Gasteiger partial charge in [-0.05, 0) is 18.8 Å². The van der Waals surface area contributed by atoms with E-state index in [1.165, 1.54) is 32.1 Å². The number of aliphatic imine (C=N–C) groups is 1. The van der Waals surface area contributed by atoms with Crippen molar-refractivity contribution in [2.75, 3.05) is 12.3 Å². The van der Waals surface area contributed by atoms with Crippen LogP contribution in [0.2, 0.25) is 0 Å². The molecule has 0 amide bonds. The maximum atomic E-state index is 10.4. The molecule has 0 aromatic carbocycles. The Morgan fingerprint density at radius 1 is 1.38 bits per heavy atom. The molecular formula is C9H18N2O3S2. The molecule has 94 valence electrons. The predicted molar refractivity (Wildman–Crippen MR) is 67.1 cm³/mol. The summed E-state index contributed by atoms with van der Waals surface area (Å²) in [5.74, 6) is 0.905. The van der Waals surface area contributed by atoms with Crippen LogP contribution in [-0.4, -0.2) is 31.1 Å². The van der Waals surface area contributed by atoms with Crippen molar-refractivity contribution in [1.29, 1.82) is 0 Å². The fourth-order valence-corrected chi connectivity index (χ4v) is 2.97. The maximum Gasteiger partial charge on any atom is 0.320 e. The first-order valence-corrected chi connectivity index (χ1v) is 8.32. The second-order valence-electron chi connectivity index (χ2n) is 4.03. The van der Waals surface area contributed by atoms with E-state index in [9.17, 15) is 8.42 Å². The third-order valence-electron chi connectivity index (χ3n) is 2.63. The highest BCUT2D eigenvalue weighted by Gasteiger charge is 2.13. The summed E-state index contributed by atoms with van der Waals surface area (Å²) in [6.45, 7) is 0.678. The van der Waals surface area contributed by atoms with Gasteiger partial charge in [-0.2, -0.15) is 8.42 Å². The number of nitrogens with zero attached hydrogens (tertiary/aromatic N) is 1. The number of hydrogen-bond donors (Lipinski definition) is 2. The summed E-state index contributed by atoms with van der Waals surface area (Å²) in [6, 6.07) is 0. The van der Waals surface area contributed by atoms with Crippen LogP contribution in [0.25, 0.3) is 0 Å². The zero-order chi connectivity index (χ0) is 12.0. The fraction of sp³-hybridized carbons (Fsp3) is 0.889. The number of rotatable bonds is 5. The normalized spacial score (nSPS) is 19.9. The van der Waals surface area contributed by atoms with E-state index in [1.807, 2.05) is 0 Å². The smallest absolute Gasteiger partial charge is 0.320 e. The molecule has 16 heavy (non-hydrogen) atoms. The first-order chi connectivity index (χ1) is 7.47. The summed E-state index contributed by atoms with van der Waals surface area (Å²) in [5.41, 5.74) is 5.55. The Morgan fingerprint density at radius 2 is 2.00 bits per heavy atom. The summed E-state index contributed by atoms with van der Waals surface area (Å²) in [5, 5.41) is 0. The lowest BCUT2D eigenvalue weighted by molar-refractivity contribution is 0.367. The van der Waals surface area contributed by atoms with E-state index in [0.29, 0.717) is 23.3 Å². The second kappa shape index (κ2) is 6.46. The first kappa shape index (κ1) is 13.8. The highest BCUT2D eigenvalue weighted by molar-refractivity contribution is 8.70. The van der Waals surface area contributed by atoms with Crippen molar-refractivity contribution < 1.29 is 13.0 Å². The maximum absolute atomic E-state index is 10.4. The minimum atomic E-state index is -4.01. The van der Waals surface area contributed by atoms with Gasteiger partial charge in [-0.15, -0.1) is 0 Å². The van der Waals surface area contributed by atoms with Gasteiger partial charge in [-0.3, -0.25) is 9.55 Å². The molecule has 1 aliphatic rings. The van der Waals surface area contributed by atoms with E-state index in [-0.39, 0.29) is 11.6 Å². The molecule has 0 aromatic rings. The van der Waals surface area contributed by atoms with Crippen LogP contribution in [0.5, 0.6) is 0 Å². The molecule has 0 saturated heterocycles. The van der Waals surface area contributed by atoms with E-state index in [0.717, 1.165) is 0 Å². The zero-order valence-corrected chi connectivity index (χ0v) is 10.8. The monoisotopic (exact) mass is 266 g/mol. The van der Waals surface area contributed by atoms with Gasteiger partial charge >= 0.3 is 9.15 Å². The van der Waals surface area contributed by atoms with Gasteiger partial charge in [0.15, 0.2) is 0 Å². The van der Waals surface area contributed by atoms with Gasteiger partial charge in [0.05, 0.1) is 5.75 Å². The van der Waals surface area contributed by atoms with E-state index >= 15 is 0 Å². The van der Waals surface area contributed by atoms with Crippen LogP contribution in [0.3, 0.4) is 0 Å². The molecule has 0 unspecified atom stereocenters. The van der Waals surface area contributed by atoms with Gasteiger partial charge in [0.25, 0.3) is 0 Å². The van der Waals surface area contributed by atoms with Crippen molar-refractivity contribution in [1.82, 2.24) is 0 Å². The van der Waals surface area contributed by atoms with Gasteiger partial charge in [0, 0.05) is 17.3 Å². The average Bonchev–Trinajstić information content (AvgIpc) is 2.24. The van der Waals surface area contributed by atoms with Gasteiger partial charge < -0.3 is 5.73 Å². The van der Waals surface area contributed by atoms with Crippen LogP contribution in [0, 0.1) is 5.92 Å². The molecule has 5 nitrogen and oxygen atoms in total. The Labute approximate surface area is 100 Å². The SMILES string of the molecule is NC(CSS(=O)(=O)O)=NCC1CCCCC1. The van der Waals surface area contributed by atoms with Gasteiger partial charge in [-0.25, -0.2) is 0 Å². The minimum Gasteiger partial charge on any atom is -0.387 e. The predicted octanol–water partition coefficient (Wildman–Crippen LogP) is 1.46. The number of nitrogens with two attached hydrogens (primary N) is 1. The molecule has 1 fully saturated rings. The highest BCUT2D eigenvalue weighted by atomic mass is 33.1. The van der Waals surface area contributed by atoms with E-state index < -0.39 is 9.15 Å². The summed E-state index contributed by atoms with van der Waals surface area (Å²) in [6.07, 6.45) is 6.17. The Kier molecular flexibility index (Phi) is 5.57. The molecule has 0 radical (unpaired) electrons. The molecule has 0 spiro atoms. The molecule has 3 N–H and O–H groups in total. The van der Waals surface area contributed by atoms with Crippen molar-refractivity contribution in [3.05, 3.63) is 0 Å². The molecule has 7 heteroatoms. The van der Waals surface area contributed by atoms with Crippen LogP contribution in [0.1, 0.15) is 32.1 Å². The Morgan fingerprint density at radius 3 is 2.56 bits per heavy atom. The first-order valence-electron chi connectivity index (χ1n) is 5.38. The molecule has 1 aliphatic carbocycles. The van der Waals surface area contributed by atoms with Crippen LogP contribution in [-0.2, 0) is 9.15 Å². The second-order valence-corrected chi connectivity index (χ2v) is 7.38. The van der Waals surface area contributed by atoms with Crippen molar-refractivity contribution in [3.63, 3.8) is 0 Å². The Balaban J connectivity index is 2.27. The van der Waals surface area contributed by atoms with E-state index in [1.54, 1.807) is 0 Å². The van der Waals surface area contributed by atoms with Crippen molar-refractivity contribution >= 4 is 25.8 Å². The summed E-state index contributed by atoms with van der Waals surface area (Å²) in [4.78, 5) is 4.15. The third kappa shape index (κ3) is 6.34. The Hall–Kier alpha value is -0.270. The molecular weight excluding hydrogens is 248 g/mol. The molecule has 0 bridgehead atoms. The quantitative estimate of drug-likeness (QED) is 0.340. The average molecular weight is 266 g/mol. The standard InChI is InChI=1S/C9H18N2O3S2/c10-9(7-15-16(12,13)14)11-6-8-4-2-1-3-5-8/h8H,1-7H2,(H2,10,11)(H,12,13,14). The topological polar surface area (TPSA) is 92.8 Å². The molecule has 0 heterocycles. The third-order valence-corrected chi connectivity index (χ3v) is 4.59. The summed E-state index contributed by atoms with van der Waals surface area (Å²) < 4.78 is 29.4. The summed E-state index contributed by atoms with van der Waals surface area (Å²) >= 11 is 0. The van der Waals surface area contributed by atoms with Crippen LogP contribution in [0.15, 0.2) is 4.99 Å². The highest BCUT2D eigenvalue weighted by Crippen LogP contribution is 2.23. The lowest BCUT2D eigenvalue weighted by atomic mass is 9.89. The lowest BCUT2D eigenvalue weighted by Crippen LogP contribution is -2.19. The van der Waals surface area contributed by atoms with E-state index in [4.69, 9.17) is 10.3 Å². The van der Waals surface area contributed by atoms with E-state index in [2.05, 4.69) is 4.99 Å².